The minimum absolute atomic E-state index is 0. The van der Waals surface area contributed by atoms with Gasteiger partial charge in [-0.25, -0.2) is 13.6 Å². The Morgan fingerprint density at radius 1 is 1.14 bits per heavy atom. The van der Waals surface area contributed by atoms with Crippen molar-refractivity contribution < 1.29 is 23.4 Å². The van der Waals surface area contributed by atoms with E-state index in [0.29, 0.717) is 31.9 Å². The Hall–Kier alpha value is -3.95. The smallest absolute Gasteiger partial charge is 0.407 e. The van der Waals surface area contributed by atoms with Crippen molar-refractivity contribution >= 4 is 40.8 Å². The maximum absolute atomic E-state index is 13.7. The molecule has 0 aliphatic carbocycles. The Labute approximate surface area is 248 Å². The number of alkyl halides is 2. The average Bonchev–Trinajstić information content (AvgIpc) is 3.33. The first-order valence-corrected chi connectivity index (χ1v) is 13.8. The predicted molar refractivity (Wildman–Crippen MR) is 156 cm³/mol. The molecule has 222 valence electrons. The fourth-order valence-electron chi connectivity index (χ4n) is 6.08. The topological polar surface area (TPSA) is 118 Å². The van der Waals surface area contributed by atoms with Gasteiger partial charge in [0.2, 0.25) is 0 Å². The van der Waals surface area contributed by atoms with Gasteiger partial charge in [0.15, 0.2) is 0 Å². The van der Waals surface area contributed by atoms with E-state index in [4.69, 9.17) is 14.7 Å². The first-order valence-electron chi connectivity index (χ1n) is 13.8. The standard InChI is InChI=1S/C29H31F2N7O3.ClH/c30-29(31)14-20(33-18-29)17-41-27-34-24-16-36(25-7-3-5-19-4-1-2-6-22(19)25)11-9-23(24)26(35-27)37-12-13-38(28(39)40)21(15-37)8-10-32;/h1-7,20-21,33H,8-9,11-18H2,(H,39,40);1H/t20-,21-;/m0./s1. The lowest BCUT2D eigenvalue weighted by Crippen LogP contribution is -2.55. The number of hydrogen-bond donors (Lipinski definition) is 2. The summed E-state index contributed by atoms with van der Waals surface area (Å²) in [7, 11) is 0. The van der Waals surface area contributed by atoms with Gasteiger partial charge in [-0.15, -0.1) is 12.4 Å². The van der Waals surface area contributed by atoms with Crippen LogP contribution in [0.5, 0.6) is 6.01 Å². The van der Waals surface area contributed by atoms with Gasteiger partial charge in [-0.3, -0.25) is 0 Å². The number of aromatic nitrogens is 2. The summed E-state index contributed by atoms with van der Waals surface area (Å²) in [6.45, 7) is 1.81. The zero-order valence-corrected chi connectivity index (χ0v) is 23.7. The third kappa shape index (κ3) is 5.98. The van der Waals surface area contributed by atoms with Gasteiger partial charge >= 0.3 is 12.1 Å². The summed E-state index contributed by atoms with van der Waals surface area (Å²) in [5.41, 5.74) is 2.84. The number of nitriles is 1. The number of piperazine rings is 1. The van der Waals surface area contributed by atoms with Gasteiger partial charge in [0.1, 0.15) is 12.4 Å². The molecule has 0 unspecified atom stereocenters. The van der Waals surface area contributed by atoms with Crippen molar-refractivity contribution in [3.63, 3.8) is 0 Å². The Morgan fingerprint density at radius 3 is 2.71 bits per heavy atom. The average molecular weight is 600 g/mol. The second-order valence-electron chi connectivity index (χ2n) is 10.8. The quantitative estimate of drug-likeness (QED) is 0.432. The van der Waals surface area contributed by atoms with Crippen LogP contribution in [0.25, 0.3) is 10.8 Å². The predicted octanol–water partition coefficient (Wildman–Crippen LogP) is 4.07. The van der Waals surface area contributed by atoms with Crippen LogP contribution in [-0.2, 0) is 13.0 Å². The van der Waals surface area contributed by atoms with Crippen LogP contribution in [0.3, 0.4) is 0 Å². The van der Waals surface area contributed by atoms with Gasteiger partial charge in [0.25, 0.3) is 5.92 Å². The van der Waals surface area contributed by atoms with Crippen molar-refractivity contribution in [2.24, 2.45) is 0 Å². The molecule has 4 heterocycles. The number of carboxylic acid groups (broad SMARTS) is 1. The molecular formula is C29H32ClF2N7O3. The second kappa shape index (κ2) is 12.1. The molecule has 2 saturated heterocycles. The van der Waals surface area contributed by atoms with Gasteiger partial charge in [-0.05, 0) is 17.9 Å². The summed E-state index contributed by atoms with van der Waals surface area (Å²) in [6, 6.07) is 15.6. The highest BCUT2D eigenvalue weighted by atomic mass is 35.5. The van der Waals surface area contributed by atoms with Crippen LogP contribution in [-0.4, -0.2) is 83.4 Å². The molecular weight excluding hydrogens is 568 g/mol. The Morgan fingerprint density at radius 2 is 1.95 bits per heavy atom. The van der Waals surface area contributed by atoms with Crippen LogP contribution < -0.4 is 19.9 Å². The molecule has 3 aliphatic rings. The highest BCUT2D eigenvalue weighted by Crippen LogP contribution is 2.35. The molecule has 42 heavy (non-hydrogen) atoms. The van der Waals surface area contributed by atoms with E-state index in [1.54, 1.807) is 0 Å². The molecule has 0 bridgehead atoms. The number of carbonyl (C=O) groups is 1. The van der Waals surface area contributed by atoms with Crippen LogP contribution in [0.15, 0.2) is 42.5 Å². The highest BCUT2D eigenvalue weighted by molar-refractivity contribution is 5.94. The minimum atomic E-state index is -2.77. The van der Waals surface area contributed by atoms with Gasteiger partial charge in [-0.1, -0.05) is 36.4 Å². The minimum Gasteiger partial charge on any atom is -0.465 e. The molecule has 0 radical (unpaired) electrons. The number of anilines is 2. The number of nitrogens with zero attached hydrogens (tertiary/aromatic N) is 6. The van der Waals surface area contributed by atoms with E-state index >= 15 is 0 Å². The number of halogens is 3. The summed E-state index contributed by atoms with van der Waals surface area (Å²) >= 11 is 0. The molecule has 2 N–H and O–H groups in total. The molecule has 3 aliphatic heterocycles. The molecule has 13 heteroatoms. The Kier molecular flexibility index (Phi) is 8.52. The maximum Gasteiger partial charge on any atom is 0.407 e. The SMILES string of the molecule is Cl.N#CC[C@H]1CN(c2nc(OC[C@@H]3CC(F)(F)CN3)nc3c2CCN(c2cccc4ccccc24)C3)CCN1C(=O)O. The fourth-order valence-corrected chi connectivity index (χ4v) is 6.08. The van der Waals surface area contributed by atoms with Gasteiger partial charge in [-0.2, -0.15) is 15.2 Å². The van der Waals surface area contributed by atoms with E-state index in [1.807, 2.05) is 23.1 Å². The fraction of sp³-hybridized carbons (Fsp3) is 0.448. The van der Waals surface area contributed by atoms with Crippen molar-refractivity contribution in [2.45, 2.75) is 43.8 Å². The van der Waals surface area contributed by atoms with Gasteiger partial charge < -0.3 is 29.9 Å². The third-order valence-electron chi connectivity index (χ3n) is 8.09. The second-order valence-corrected chi connectivity index (χ2v) is 10.8. The summed E-state index contributed by atoms with van der Waals surface area (Å²) < 4.78 is 33.4. The van der Waals surface area contributed by atoms with Crippen molar-refractivity contribution in [1.29, 1.82) is 5.26 Å². The zero-order chi connectivity index (χ0) is 28.6. The van der Waals surface area contributed by atoms with E-state index in [0.717, 1.165) is 34.3 Å². The highest BCUT2D eigenvalue weighted by Gasteiger charge is 2.40. The zero-order valence-electron chi connectivity index (χ0n) is 22.9. The number of nitrogens with one attached hydrogen (secondary N) is 1. The lowest BCUT2D eigenvalue weighted by molar-refractivity contribution is 0.0194. The van der Waals surface area contributed by atoms with E-state index in [-0.39, 0.29) is 51.0 Å². The van der Waals surface area contributed by atoms with E-state index in [9.17, 15) is 23.9 Å². The van der Waals surface area contributed by atoms with Gasteiger partial charge in [0, 0.05) is 55.3 Å². The molecule has 1 amide bonds. The van der Waals surface area contributed by atoms with Crippen LogP contribution >= 0.6 is 12.4 Å². The van der Waals surface area contributed by atoms with E-state index < -0.39 is 24.1 Å². The van der Waals surface area contributed by atoms with Crippen LogP contribution in [0.4, 0.5) is 25.1 Å². The molecule has 10 nitrogen and oxygen atoms in total. The number of benzene rings is 2. The molecule has 0 saturated carbocycles. The van der Waals surface area contributed by atoms with E-state index in [2.05, 4.69) is 40.6 Å². The van der Waals surface area contributed by atoms with E-state index in [1.165, 1.54) is 4.90 Å². The monoisotopic (exact) mass is 599 g/mol. The summed E-state index contributed by atoms with van der Waals surface area (Å²) in [5, 5.41) is 24.1. The number of hydrogen-bond acceptors (Lipinski definition) is 8. The molecule has 2 fully saturated rings. The Bertz CT molecular complexity index is 1500. The van der Waals surface area contributed by atoms with Crippen molar-refractivity contribution in [2.75, 3.05) is 49.1 Å². The van der Waals surface area contributed by atoms with Gasteiger partial charge in [0.05, 0.1) is 37.3 Å². The van der Waals surface area contributed by atoms with Crippen LogP contribution in [0.1, 0.15) is 24.1 Å². The Balaban J connectivity index is 0.00000353. The van der Waals surface area contributed by atoms with Crippen molar-refractivity contribution in [3.05, 3.63) is 53.7 Å². The first-order chi connectivity index (χ1) is 19.8. The molecule has 6 rings (SSSR count). The molecule has 1 aromatic heterocycles. The normalized spacial score (nSPS) is 21.4. The molecule has 2 atom stereocenters. The first kappa shape index (κ1) is 29.5. The van der Waals surface area contributed by atoms with Crippen LogP contribution in [0.2, 0.25) is 0 Å². The summed E-state index contributed by atoms with van der Waals surface area (Å²) in [6.07, 6.45) is -0.639. The summed E-state index contributed by atoms with van der Waals surface area (Å²) in [4.78, 5) is 26.8. The molecule has 3 aromatic rings. The maximum atomic E-state index is 13.7. The number of fused-ring (bicyclic) bond motifs is 2. The number of ether oxygens (including phenoxy) is 1. The molecule has 0 spiro atoms. The number of rotatable bonds is 6. The number of amides is 1. The lowest BCUT2D eigenvalue weighted by atomic mass is 10.0. The summed E-state index contributed by atoms with van der Waals surface area (Å²) in [5.74, 6) is -2.12. The largest absolute Gasteiger partial charge is 0.465 e. The van der Waals surface area contributed by atoms with Crippen LogP contribution in [0, 0.1) is 11.3 Å². The lowest BCUT2D eigenvalue weighted by Gasteiger charge is -2.41. The van der Waals surface area contributed by atoms with Crippen molar-refractivity contribution in [3.8, 4) is 12.1 Å². The molecule has 2 aromatic carbocycles. The third-order valence-corrected chi connectivity index (χ3v) is 8.09. The van der Waals surface area contributed by atoms with Crippen molar-refractivity contribution in [1.82, 2.24) is 20.2 Å².